The predicted octanol–water partition coefficient (Wildman–Crippen LogP) is 3.84. The lowest BCUT2D eigenvalue weighted by Gasteiger charge is -2.43. The minimum Gasteiger partial charge on any atom is -0.369 e. The molecule has 0 spiro atoms. The van der Waals surface area contributed by atoms with E-state index in [1.54, 1.807) is 24.1 Å². The summed E-state index contributed by atoms with van der Waals surface area (Å²) in [5.41, 5.74) is 3.36. The first-order valence-electron chi connectivity index (χ1n) is 10.2. The molecule has 7 nitrogen and oxygen atoms in total. The molecule has 0 radical (unpaired) electrons. The van der Waals surface area contributed by atoms with Gasteiger partial charge in [-0.25, -0.2) is 9.78 Å². The highest BCUT2D eigenvalue weighted by atomic mass is 16.2. The summed E-state index contributed by atoms with van der Waals surface area (Å²) in [5.74, 6) is 0.460. The predicted molar refractivity (Wildman–Crippen MR) is 119 cm³/mol. The summed E-state index contributed by atoms with van der Waals surface area (Å²) in [6.07, 6.45) is 4.67. The van der Waals surface area contributed by atoms with Gasteiger partial charge in [0.2, 0.25) is 0 Å². The van der Waals surface area contributed by atoms with E-state index in [-0.39, 0.29) is 12.1 Å². The van der Waals surface area contributed by atoms with Gasteiger partial charge in [-0.2, -0.15) is 5.26 Å². The summed E-state index contributed by atoms with van der Waals surface area (Å²) < 4.78 is 0. The van der Waals surface area contributed by atoms with Crippen LogP contribution in [0.25, 0.3) is 11.0 Å². The zero-order valence-electron chi connectivity index (χ0n) is 17.5. The molecule has 0 aliphatic carbocycles. The Labute approximate surface area is 176 Å². The Hall–Kier alpha value is -3.53. The quantitative estimate of drug-likeness (QED) is 0.722. The molecule has 1 fully saturated rings. The summed E-state index contributed by atoms with van der Waals surface area (Å²) in [5, 5.41) is 10.1. The molecular formula is C23H26N6O. The van der Waals surface area contributed by atoms with E-state index in [2.05, 4.69) is 34.9 Å². The number of H-pyrrole nitrogens is 1. The molecular weight excluding hydrogens is 376 g/mol. The zero-order chi connectivity index (χ0) is 21.3. The molecule has 3 heterocycles. The molecule has 2 aromatic heterocycles. The van der Waals surface area contributed by atoms with Gasteiger partial charge in [0.05, 0.1) is 11.6 Å². The first-order valence-corrected chi connectivity index (χ1v) is 10.2. The van der Waals surface area contributed by atoms with Crippen LogP contribution in [-0.2, 0) is 0 Å². The molecule has 1 saturated heterocycles. The van der Waals surface area contributed by atoms with Crippen LogP contribution in [0.3, 0.4) is 0 Å². The lowest BCUT2D eigenvalue weighted by molar-refractivity contribution is 0.168. The summed E-state index contributed by atoms with van der Waals surface area (Å²) in [6, 6.07) is 13.5. The highest BCUT2D eigenvalue weighted by Crippen LogP contribution is 2.30. The summed E-state index contributed by atoms with van der Waals surface area (Å²) in [6.45, 7) is 3.65. The Morgan fingerprint density at radius 2 is 2.00 bits per heavy atom. The third-order valence-electron chi connectivity index (χ3n) is 6.17. The largest absolute Gasteiger partial charge is 0.369 e. The standard InChI is InChI=1S/C23H26N6O/c1-16-10-13-29(23(30)27(2)18-6-4-17(14-24)5-7-18)15-21(16)28(3)20-9-12-26-22-19(20)8-11-25-22/h4-9,11-12,16,21H,10,13,15H2,1-3H3,(H,25,26)/t16-,21?/m1/s1. The van der Waals surface area contributed by atoms with E-state index in [1.165, 1.54) is 0 Å². The van der Waals surface area contributed by atoms with Crippen LogP contribution in [0.4, 0.5) is 16.2 Å². The van der Waals surface area contributed by atoms with Crippen molar-refractivity contribution in [2.45, 2.75) is 19.4 Å². The average Bonchev–Trinajstić information content (AvgIpc) is 3.27. The van der Waals surface area contributed by atoms with Crippen LogP contribution in [0, 0.1) is 17.2 Å². The molecule has 2 amide bonds. The van der Waals surface area contributed by atoms with E-state index < -0.39 is 0 Å². The van der Waals surface area contributed by atoms with Crippen molar-refractivity contribution in [3.63, 3.8) is 0 Å². The van der Waals surface area contributed by atoms with Crippen molar-refractivity contribution in [2.24, 2.45) is 5.92 Å². The maximum absolute atomic E-state index is 13.2. The number of likely N-dealkylation sites (N-methyl/N-ethyl adjacent to an activating group) is 1. The smallest absolute Gasteiger partial charge is 0.324 e. The molecule has 1 N–H and O–H groups in total. The number of aromatic nitrogens is 2. The topological polar surface area (TPSA) is 79.3 Å². The number of carbonyl (C=O) groups is 1. The number of urea groups is 1. The maximum Gasteiger partial charge on any atom is 0.324 e. The van der Waals surface area contributed by atoms with E-state index in [0.717, 1.165) is 35.4 Å². The Balaban J connectivity index is 1.53. The lowest BCUT2D eigenvalue weighted by Crippen LogP contribution is -2.55. The molecule has 0 bridgehead atoms. The fourth-order valence-corrected chi connectivity index (χ4v) is 4.24. The Kier molecular flexibility index (Phi) is 5.32. The van der Waals surface area contributed by atoms with Gasteiger partial charge in [0.15, 0.2) is 0 Å². The molecule has 0 saturated carbocycles. The highest BCUT2D eigenvalue weighted by Gasteiger charge is 2.33. The number of fused-ring (bicyclic) bond motifs is 1. The van der Waals surface area contributed by atoms with E-state index >= 15 is 0 Å². The number of rotatable bonds is 3. The normalized spacial score (nSPS) is 18.8. The van der Waals surface area contributed by atoms with Crippen LogP contribution >= 0.6 is 0 Å². The van der Waals surface area contributed by atoms with E-state index in [0.29, 0.717) is 18.0 Å². The number of benzene rings is 1. The van der Waals surface area contributed by atoms with Crippen molar-refractivity contribution >= 4 is 28.4 Å². The number of hydrogen-bond acceptors (Lipinski definition) is 4. The second kappa shape index (κ2) is 8.07. The van der Waals surface area contributed by atoms with Crippen molar-refractivity contribution < 1.29 is 4.79 Å². The van der Waals surface area contributed by atoms with Gasteiger partial charge in [0.25, 0.3) is 0 Å². The molecule has 4 rings (SSSR count). The van der Waals surface area contributed by atoms with Gasteiger partial charge in [0.1, 0.15) is 5.65 Å². The van der Waals surface area contributed by atoms with Crippen molar-refractivity contribution in [1.29, 1.82) is 5.26 Å². The number of nitriles is 1. The number of nitrogens with zero attached hydrogens (tertiary/aromatic N) is 5. The highest BCUT2D eigenvalue weighted by molar-refractivity contribution is 5.92. The molecule has 7 heteroatoms. The second-order valence-corrected chi connectivity index (χ2v) is 7.96. The van der Waals surface area contributed by atoms with Crippen LogP contribution in [0.5, 0.6) is 0 Å². The minimum atomic E-state index is -0.0217. The van der Waals surface area contributed by atoms with Gasteiger partial charge in [-0.1, -0.05) is 6.92 Å². The molecule has 3 aromatic rings. The van der Waals surface area contributed by atoms with Gasteiger partial charge < -0.3 is 14.8 Å². The van der Waals surface area contributed by atoms with Gasteiger partial charge in [-0.05, 0) is 48.7 Å². The van der Waals surface area contributed by atoms with E-state index in [9.17, 15) is 4.79 Å². The number of amides is 2. The van der Waals surface area contributed by atoms with Gasteiger partial charge >= 0.3 is 6.03 Å². The van der Waals surface area contributed by atoms with Gasteiger partial charge in [0, 0.05) is 62.4 Å². The molecule has 154 valence electrons. The number of likely N-dealkylation sites (tertiary alicyclic amines) is 1. The lowest BCUT2D eigenvalue weighted by atomic mass is 9.92. The second-order valence-electron chi connectivity index (χ2n) is 7.96. The number of nitrogens with one attached hydrogen (secondary N) is 1. The molecule has 2 atom stereocenters. The molecule has 30 heavy (non-hydrogen) atoms. The van der Waals surface area contributed by atoms with E-state index in [4.69, 9.17) is 5.26 Å². The Morgan fingerprint density at radius 1 is 1.23 bits per heavy atom. The van der Waals surface area contributed by atoms with Gasteiger partial charge in [-0.15, -0.1) is 0 Å². The van der Waals surface area contributed by atoms with Crippen molar-refractivity contribution in [2.75, 3.05) is 37.0 Å². The number of piperidine rings is 1. The Morgan fingerprint density at radius 3 is 2.73 bits per heavy atom. The fraction of sp³-hybridized carbons (Fsp3) is 0.348. The molecule has 1 aliphatic heterocycles. The number of aromatic amines is 1. The number of carbonyl (C=O) groups excluding carboxylic acids is 1. The summed E-state index contributed by atoms with van der Waals surface area (Å²) in [4.78, 5) is 26.6. The van der Waals surface area contributed by atoms with Crippen LogP contribution in [0.2, 0.25) is 0 Å². The third kappa shape index (κ3) is 3.57. The zero-order valence-corrected chi connectivity index (χ0v) is 17.5. The fourth-order valence-electron chi connectivity index (χ4n) is 4.24. The molecule has 1 aliphatic rings. The summed E-state index contributed by atoms with van der Waals surface area (Å²) >= 11 is 0. The monoisotopic (exact) mass is 402 g/mol. The van der Waals surface area contributed by atoms with Crippen LogP contribution in [0.1, 0.15) is 18.9 Å². The van der Waals surface area contributed by atoms with Gasteiger partial charge in [-0.3, -0.25) is 4.90 Å². The first-order chi connectivity index (χ1) is 14.5. The minimum absolute atomic E-state index is 0.0217. The van der Waals surface area contributed by atoms with Crippen LogP contribution in [0.15, 0.2) is 48.8 Å². The van der Waals surface area contributed by atoms with Crippen LogP contribution in [-0.4, -0.2) is 54.1 Å². The van der Waals surface area contributed by atoms with Crippen molar-refractivity contribution in [1.82, 2.24) is 14.9 Å². The maximum atomic E-state index is 13.2. The number of anilines is 2. The number of pyridine rings is 1. The number of hydrogen-bond donors (Lipinski definition) is 1. The third-order valence-corrected chi connectivity index (χ3v) is 6.17. The van der Waals surface area contributed by atoms with Crippen LogP contribution < -0.4 is 9.80 Å². The van der Waals surface area contributed by atoms with Crippen molar-refractivity contribution in [3.8, 4) is 6.07 Å². The molecule has 1 unspecified atom stereocenters. The molecule has 1 aromatic carbocycles. The SMILES string of the molecule is C[C@@H]1CCN(C(=O)N(C)c2ccc(C#N)cc2)CC1N(C)c1ccnc2[nH]ccc12. The first kappa shape index (κ1) is 19.8. The van der Waals surface area contributed by atoms with E-state index in [1.807, 2.05) is 41.6 Å². The van der Waals surface area contributed by atoms with Crippen molar-refractivity contribution in [3.05, 3.63) is 54.4 Å². The summed E-state index contributed by atoms with van der Waals surface area (Å²) in [7, 11) is 3.88. The average molecular weight is 403 g/mol. The Bertz CT molecular complexity index is 1080.